The lowest BCUT2D eigenvalue weighted by atomic mass is 10.2. The van der Waals surface area contributed by atoms with Crippen LogP contribution in [0.4, 0.5) is 0 Å². The minimum absolute atomic E-state index is 0.0233. The molecule has 0 aromatic carbocycles. The molecule has 0 aliphatic heterocycles. The summed E-state index contributed by atoms with van der Waals surface area (Å²) >= 11 is 4.13. The molecule has 1 unspecified atom stereocenters. The highest BCUT2D eigenvalue weighted by Crippen LogP contribution is 2.28. The van der Waals surface area contributed by atoms with E-state index in [9.17, 15) is 5.11 Å². The van der Waals surface area contributed by atoms with E-state index < -0.39 is 8.80 Å². The third kappa shape index (κ3) is 3.52. The number of rotatable bonds is 8. The van der Waals surface area contributed by atoms with Crippen molar-refractivity contribution in [3.63, 3.8) is 0 Å². The fraction of sp³-hybridized carbons (Fsp3) is 1.00. The maximum absolute atomic E-state index is 9.25. The molecule has 86 valence electrons. The van der Waals surface area contributed by atoms with Crippen LogP contribution in [-0.4, -0.2) is 47.6 Å². The smallest absolute Gasteiger partial charge is 0.396 e. The second kappa shape index (κ2) is 7.67. The van der Waals surface area contributed by atoms with E-state index in [0.717, 1.165) is 18.6 Å². The van der Waals surface area contributed by atoms with Crippen LogP contribution in [0.3, 0.4) is 0 Å². The lowest BCUT2D eigenvalue weighted by molar-refractivity contribution is 0.0963. The molecule has 1 atom stereocenters. The van der Waals surface area contributed by atoms with E-state index in [1.807, 2.05) is 0 Å². The average molecular weight is 240 g/mol. The van der Waals surface area contributed by atoms with E-state index in [0.29, 0.717) is 0 Å². The van der Waals surface area contributed by atoms with Gasteiger partial charge in [-0.2, -0.15) is 12.6 Å². The van der Waals surface area contributed by atoms with Gasteiger partial charge in [0, 0.05) is 21.3 Å². The van der Waals surface area contributed by atoms with Crippen LogP contribution in [0.25, 0.3) is 0 Å². The minimum atomic E-state index is -2.67. The van der Waals surface area contributed by atoms with Gasteiger partial charge >= 0.3 is 8.80 Å². The SMILES string of the molecule is CO[Si](OC)(OC)C(CO)CCCS. The first-order valence-electron chi connectivity index (χ1n) is 4.57. The molecule has 1 N–H and O–H groups in total. The lowest BCUT2D eigenvalue weighted by Gasteiger charge is -2.31. The van der Waals surface area contributed by atoms with Crippen LogP contribution in [0.5, 0.6) is 0 Å². The maximum Gasteiger partial charge on any atom is 0.505 e. The molecule has 0 spiro atoms. The van der Waals surface area contributed by atoms with Gasteiger partial charge in [-0.25, -0.2) is 0 Å². The van der Waals surface area contributed by atoms with Gasteiger partial charge in [0.1, 0.15) is 0 Å². The molecule has 0 heterocycles. The molecular formula is C8H20O4SSi. The first-order chi connectivity index (χ1) is 6.70. The summed E-state index contributed by atoms with van der Waals surface area (Å²) in [5, 5.41) is 9.25. The molecule has 0 bridgehead atoms. The monoisotopic (exact) mass is 240 g/mol. The molecule has 0 aliphatic rings. The second-order valence-electron chi connectivity index (χ2n) is 2.96. The largest absolute Gasteiger partial charge is 0.505 e. The quantitative estimate of drug-likeness (QED) is 0.490. The lowest BCUT2D eigenvalue weighted by Crippen LogP contribution is -2.49. The van der Waals surface area contributed by atoms with Crippen LogP contribution in [0.2, 0.25) is 5.54 Å². The summed E-state index contributed by atoms with van der Waals surface area (Å²) in [4.78, 5) is 0. The summed E-state index contributed by atoms with van der Waals surface area (Å²) in [6.07, 6.45) is 1.72. The summed E-state index contributed by atoms with van der Waals surface area (Å²) in [5.41, 5.74) is -0.0605. The topological polar surface area (TPSA) is 47.9 Å². The Bertz CT molecular complexity index is 135. The van der Waals surface area contributed by atoms with E-state index in [1.54, 1.807) is 21.3 Å². The maximum atomic E-state index is 9.25. The Kier molecular flexibility index (Phi) is 7.89. The number of hydrogen-bond acceptors (Lipinski definition) is 5. The minimum Gasteiger partial charge on any atom is -0.396 e. The van der Waals surface area contributed by atoms with Gasteiger partial charge in [-0.1, -0.05) is 0 Å². The van der Waals surface area contributed by atoms with E-state index in [-0.39, 0.29) is 12.1 Å². The zero-order valence-electron chi connectivity index (χ0n) is 9.02. The van der Waals surface area contributed by atoms with Crippen LogP contribution in [-0.2, 0) is 13.3 Å². The molecule has 4 nitrogen and oxygen atoms in total. The summed E-state index contributed by atoms with van der Waals surface area (Å²) in [6.45, 7) is 0.0233. The molecule has 0 saturated heterocycles. The van der Waals surface area contributed by atoms with Gasteiger partial charge in [0.25, 0.3) is 0 Å². The Balaban J connectivity index is 4.40. The molecular weight excluding hydrogens is 220 g/mol. The van der Waals surface area contributed by atoms with Crippen molar-refractivity contribution in [3.05, 3.63) is 0 Å². The van der Waals surface area contributed by atoms with Crippen molar-refractivity contribution in [1.82, 2.24) is 0 Å². The molecule has 0 amide bonds. The van der Waals surface area contributed by atoms with Crippen LogP contribution < -0.4 is 0 Å². The summed E-state index contributed by atoms with van der Waals surface area (Å²) in [5.74, 6) is 0.790. The number of thiol groups is 1. The third-order valence-corrected chi connectivity index (χ3v) is 5.78. The summed E-state index contributed by atoms with van der Waals surface area (Å²) in [7, 11) is 2.01. The Morgan fingerprint density at radius 1 is 1.21 bits per heavy atom. The fourth-order valence-electron chi connectivity index (χ4n) is 1.47. The molecule has 0 aromatic heterocycles. The van der Waals surface area contributed by atoms with Gasteiger partial charge in [0.05, 0.1) is 12.1 Å². The molecule has 0 fully saturated rings. The molecule has 0 aromatic rings. The Morgan fingerprint density at radius 3 is 2.00 bits per heavy atom. The van der Waals surface area contributed by atoms with E-state index in [2.05, 4.69) is 12.6 Å². The van der Waals surface area contributed by atoms with E-state index in [4.69, 9.17) is 13.3 Å². The van der Waals surface area contributed by atoms with Crippen LogP contribution >= 0.6 is 12.6 Å². The highest BCUT2D eigenvalue weighted by Gasteiger charge is 2.46. The standard InChI is InChI=1S/C8H20O4SSi/c1-10-14(11-2,12-3)8(7-9)5-4-6-13/h8-9,13H,4-7H2,1-3H3. The zero-order valence-corrected chi connectivity index (χ0v) is 10.9. The molecule has 14 heavy (non-hydrogen) atoms. The van der Waals surface area contributed by atoms with Gasteiger partial charge in [-0.3, -0.25) is 0 Å². The fourth-order valence-corrected chi connectivity index (χ4v) is 3.93. The number of aliphatic hydroxyl groups excluding tert-OH is 1. The normalized spacial score (nSPS) is 14.4. The average Bonchev–Trinajstić information content (AvgIpc) is 2.25. The predicted molar refractivity (Wildman–Crippen MR) is 60.7 cm³/mol. The summed E-state index contributed by atoms with van der Waals surface area (Å²) < 4.78 is 15.9. The zero-order chi connectivity index (χ0) is 11.0. The van der Waals surface area contributed by atoms with Crippen LogP contribution in [0, 0.1) is 0 Å². The van der Waals surface area contributed by atoms with Crippen LogP contribution in [0.1, 0.15) is 12.8 Å². The molecule has 0 rings (SSSR count). The molecule has 0 saturated carbocycles. The Morgan fingerprint density at radius 2 is 1.71 bits per heavy atom. The molecule has 0 radical (unpaired) electrons. The van der Waals surface area contributed by atoms with Gasteiger partial charge in [0.2, 0.25) is 0 Å². The van der Waals surface area contributed by atoms with Crippen molar-refractivity contribution in [2.24, 2.45) is 0 Å². The van der Waals surface area contributed by atoms with Gasteiger partial charge in [0.15, 0.2) is 0 Å². The van der Waals surface area contributed by atoms with E-state index >= 15 is 0 Å². The number of hydrogen-bond donors (Lipinski definition) is 2. The first-order valence-corrected chi connectivity index (χ1v) is 7.01. The van der Waals surface area contributed by atoms with Crippen molar-refractivity contribution >= 4 is 21.4 Å². The predicted octanol–water partition coefficient (Wildman–Crippen LogP) is 0.937. The highest BCUT2D eigenvalue weighted by atomic mass is 32.1. The van der Waals surface area contributed by atoms with Crippen molar-refractivity contribution < 1.29 is 18.4 Å². The van der Waals surface area contributed by atoms with E-state index in [1.165, 1.54) is 0 Å². The van der Waals surface area contributed by atoms with Crippen molar-refractivity contribution in [3.8, 4) is 0 Å². The second-order valence-corrected chi connectivity index (χ2v) is 6.66. The Hall–Kier alpha value is 0.407. The van der Waals surface area contributed by atoms with Crippen molar-refractivity contribution in [2.45, 2.75) is 18.4 Å². The van der Waals surface area contributed by atoms with Gasteiger partial charge in [-0.15, -0.1) is 0 Å². The first kappa shape index (κ1) is 14.4. The third-order valence-electron chi connectivity index (χ3n) is 2.28. The molecule has 0 aliphatic carbocycles. The van der Waals surface area contributed by atoms with Gasteiger partial charge in [-0.05, 0) is 18.6 Å². The summed E-state index contributed by atoms with van der Waals surface area (Å²) in [6, 6.07) is 0. The van der Waals surface area contributed by atoms with Crippen molar-refractivity contribution in [2.75, 3.05) is 33.7 Å². The van der Waals surface area contributed by atoms with Gasteiger partial charge < -0.3 is 18.4 Å². The number of aliphatic hydroxyl groups is 1. The van der Waals surface area contributed by atoms with Crippen molar-refractivity contribution in [1.29, 1.82) is 0 Å². The molecule has 6 heteroatoms. The Labute approximate surface area is 92.3 Å². The van der Waals surface area contributed by atoms with Crippen LogP contribution in [0.15, 0.2) is 0 Å². The highest BCUT2D eigenvalue weighted by molar-refractivity contribution is 7.80.